The summed E-state index contributed by atoms with van der Waals surface area (Å²) in [5.41, 5.74) is -3.64. The Labute approximate surface area is 101 Å². The summed E-state index contributed by atoms with van der Waals surface area (Å²) in [6.07, 6.45) is -6.70. The third-order valence-electron chi connectivity index (χ3n) is 2.06. The Morgan fingerprint density at radius 2 is 1.58 bits per heavy atom. The monoisotopic (exact) mass is 286 g/mol. The summed E-state index contributed by atoms with van der Waals surface area (Å²) in [5, 5.41) is 8.26. The molecule has 0 spiro atoms. The maximum Gasteiger partial charge on any atom is 0.419 e. The number of hydrogen-bond donors (Lipinski definition) is 1. The number of alkyl halides is 3. The number of carbonyl (C=O) groups excluding carboxylic acids is 1. The maximum absolute atomic E-state index is 13.1. The van der Waals surface area contributed by atoms with Crippen molar-refractivity contribution < 1.29 is 41.0 Å². The average molecular weight is 286 g/mol. The van der Waals surface area contributed by atoms with E-state index in [0.717, 1.165) is 0 Å². The number of carbonyl (C=O) groups is 2. The molecule has 1 rings (SSSR count). The second-order valence-electron chi connectivity index (χ2n) is 3.41. The normalized spacial score (nSPS) is 11.5. The fourth-order valence-electron chi connectivity index (χ4n) is 1.25. The molecule has 0 radical (unpaired) electrons. The molecule has 0 amide bonds. The van der Waals surface area contributed by atoms with E-state index in [4.69, 9.17) is 5.11 Å². The van der Waals surface area contributed by atoms with Crippen molar-refractivity contribution in [1.29, 1.82) is 0 Å². The molecule has 0 bridgehead atoms. The van der Waals surface area contributed by atoms with E-state index in [1.54, 1.807) is 0 Å². The molecule has 0 atom stereocenters. The molecule has 0 aromatic heterocycles. The molecule has 9 heteroatoms. The smallest absolute Gasteiger partial charge is 0.419 e. The Bertz CT molecular complexity index is 549. The average Bonchev–Trinajstić information content (AvgIpc) is 2.23. The van der Waals surface area contributed by atoms with Crippen LogP contribution >= 0.6 is 0 Å². The minimum atomic E-state index is -5.35. The van der Waals surface area contributed by atoms with Gasteiger partial charge in [0, 0.05) is 0 Å². The third kappa shape index (κ3) is 3.04. The lowest BCUT2D eigenvalue weighted by Crippen LogP contribution is -2.16. The number of rotatable bonds is 3. The molecule has 0 aliphatic rings. The molecular formula is C10H4F6O3. The highest BCUT2D eigenvalue weighted by molar-refractivity contribution is 6.05. The highest BCUT2D eigenvalue weighted by atomic mass is 19.4. The van der Waals surface area contributed by atoms with Crippen molar-refractivity contribution in [1.82, 2.24) is 0 Å². The molecule has 0 fully saturated rings. The summed E-state index contributed by atoms with van der Waals surface area (Å²) < 4.78 is 75.9. The van der Waals surface area contributed by atoms with Gasteiger partial charge in [-0.3, -0.25) is 9.59 Å². The van der Waals surface area contributed by atoms with Crippen molar-refractivity contribution in [3.63, 3.8) is 0 Å². The van der Waals surface area contributed by atoms with Crippen molar-refractivity contribution in [2.75, 3.05) is 0 Å². The van der Waals surface area contributed by atoms with E-state index in [1.807, 2.05) is 0 Å². The molecular weight excluding hydrogens is 282 g/mol. The first-order valence-corrected chi connectivity index (χ1v) is 4.55. The van der Waals surface area contributed by atoms with E-state index in [2.05, 4.69) is 0 Å². The van der Waals surface area contributed by atoms with Crippen molar-refractivity contribution in [2.24, 2.45) is 0 Å². The van der Waals surface area contributed by atoms with Gasteiger partial charge in [0.1, 0.15) is 6.42 Å². The van der Waals surface area contributed by atoms with E-state index in [1.165, 1.54) is 0 Å². The predicted molar refractivity (Wildman–Crippen MR) is 47.9 cm³/mol. The predicted octanol–water partition coefficient (Wildman–Crippen LogP) is 2.78. The molecule has 1 aromatic carbocycles. The number of hydrogen-bond acceptors (Lipinski definition) is 2. The van der Waals surface area contributed by atoms with Crippen molar-refractivity contribution in [3.05, 3.63) is 34.6 Å². The van der Waals surface area contributed by atoms with Gasteiger partial charge in [-0.05, 0) is 6.07 Å². The Morgan fingerprint density at radius 1 is 1.05 bits per heavy atom. The van der Waals surface area contributed by atoms with Gasteiger partial charge in [0.2, 0.25) is 0 Å². The second-order valence-corrected chi connectivity index (χ2v) is 3.41. The second kappa shape index (κ2) is 4.90. The Balaban J connectivity index is 3.46. The van der Waals surface area contributed by atoms with Crippen LogP contribution in [0.15, 0.2) is 6.07 Å². The summed E-state index contributed by atoms with van der Waals surface area (Å²) in [5.74, 6) is -10.5. The zero-order valence-electron chi connectivity index (χ0n) is 8.82. The van der Waals surface area contributed by atoms with Crippen LogP contribution in [0.25, 0.3) is 0 Å². The van der Waals surface area contributed by atoms with Gasteiger partial charge < -0.3 is 5.11 Å². The molecule has 19 heavy (non-hydrogen) atoms. The van der Waals surface area contributed by atoms with Gasteiger partial charge in [0.15, 0.2) is 23.2 Å². The van der Waals surface area contributed by atoms with Gasteiger partial charge in [-0.2, -0.15) is 13.2 Å². The summed E-state index contributed by atoms with van der Waals surface area (Å²) in [4.78, 5) is 21.3. The molecule has 0 aliphatic carbocycles. The summed E-state index contributed by atoms with van der Waals surface area (Å²) in [6.45, 7) is 0. The lowest BCUT2D eigenvalue weighted by molar-refractivity contribution is -0.140. The summed E-state index contributed by atoms with van der Waals surface area (Å²) in [6, 6.07) is -0.251. The molecule has 0 saturated carbocycles. The number of Topliss-reactive ketones (excluding diaryl/α,β-unsaturated/α-hetero) is 1. The van der Waals surface area contributed by atoms with Gasteiger partial charge in [-0.15, -0.1) is 0 Å². The lowest BCUT2D eigenvalue weighted by atomic mass is 10.0. The standard InChI is InChI=1S/C10H4F6O3/c11-7-3(5(17)2-6(18)19)1-4(10(14,15)16)8(12)9(7)13/h1H,2H2,(H,18,19). The van der Waals surface area contributed by atoms with Crippen molar-refractivity contribution >= 4 is 11.8 Å². The lowest BCUT2D eigenvalue weighted by Gasteiger charge is -2.11. The number of benzene rings is 1. The van der Waals surface area contributed by atoms with E-state index in [0.29, 0.717) is 0 Å². The largest absolute Gasteiger partial charge is 0.481 e. The van der Waals surface area contributed by atoms with Crippen LogP contribution in [-0.2, 0) is 11.0 Å². The Morgan fingerprint density at radius 3 is 2.00 bits per heavy atom. The molecule has 0 heterocycles. The molecule has 1 aromatic rings. The van der Waals surface area contributed by atoms with Gasteiger partial charge in [0.25, 0.3) is 0 Å². The highest BCUT2D eigenvalue weighted by Crippen LogP contribution is 2.34. The summed E-state index contributed by atoms with van der Waals surface area (Å²) >= 11 is 0. The maximum atomic E-state index is 13.1. The fraction of sp³-hybridized carbons (Fsp3) is 0.200. The van der Waals surface area contributed by atoms with Crippen LogP contribution in [0, 0.1) is 17.5 Å². The van der Waals surface area contributed by atoms with E-state index >= 15 is 0 Å². The topological polar surface area (TPSA) is 54.4 Å². The first-order valence-electron chi connectivity index (χ1n) is 4.55. The molecule has 104 valence electrons. The van der Waals surface area contributed by atoms with Crippen LogP contribution in [-0.4, -0.2) is 16.9 Å². The van der Waals surface area contributed by atoms with Crippen LogP contribution in [0.1, 0.15) is 22.3 Å². The first-order chi connectivity index (χ1) is 8.55. The van der Waals surface area contributed by atoms with Crippen LogP contribution < -0.4 is 0 Å². The van der Waals surface area contributed by atoms with Gasteiger partial charge in [-0.25, -0.2) is 13.2 Å². The molecule has 1 N–H and O–H groups in total. The Hall–Kier alpha value is -2.06. The quantitative estimate of drug-likeness (QED) is 0.402. The summed E-state index contributed by atoms with van der Waals surface area (Å²) in [7, 11) is 0. The number of carboxylic acid groups (broad SMARTS) is 1. The van der Waals surface area contributed by atoms with Gasteiger partial charge in [0.05, 0.1) is 11.1 Å². The van der Waals surface area contributed by atoms with E-state index in [9.17, 15) is 35.9 Å². The van der Waals surface area contributed by atoms with Crippen molar-refractivity contribution in [2.45, 2.75) is 12.6 Å². The third-order valence-corrected chi connectivity index (χ3v) is 2.06. The number of halogens is 6. The first kappa shape index (κ1) is 15.0. The number of ketones is 1. The zero-order valence-corrected chi connectivity index (χ0v) is 8.82. The van der Waals surface area contributed by atoms with E-state index < -0.39 is 52.9 Å². The SMILES string of the molecule is O=C(O)CC(=O)c1cc(C(F)(F)F)c(F)c(F)c1F. The van der Waals surface area contributed by atoms with Crippen LogP contribution in [0.5, 0.6) is 0 Å². The molecule has 0 saturated heterocycles. The highest BCUT2D eigenvalue weighted by Gasteiger charge is 2.38. The minimum Gasteiger partial charge on any atom is -0.481 e. The number of aliphatic carboxylic acids is 1. The van der Waals surface area contributed by atoms with Crippen molar-refractivity contribution in [3.8, 4) is 0 Å². The molecule has 0 unspecified atom stereocenters. The zero-order chi connectivity index (χ0) is 15.0. The van der Waals surface area contributed by atoms with E-state index in [-0.39, 0.29) is 6.07 Å². The fourth-order valence-corrected chi connectivity index (χ4v) is 1.25. The van der Waals surface area contributed by atoms with Gasteiger partial charge in [-0.1, -0.05) is 0 Å². The van der Waals surface area contributed by atoms with Crippen LogP contribution in [0.2, 0.25) is 0 Å². The van der Waals surface area contributed by atoms with Crippen LogP contribution in [0.4, 0.5) is 26.3 Å². The molecule has 3 nitrogen and oxygen atoms in total. The van der Waals surface area contributed by atoms with Crippen LogP contribution in [0.3, 0.4) is 0 Å². The van der Waals surface area contributed by atoms with Gasteiger partial charge >= 0.3 is 12.1 Å². The number of carboxylic acids is 1. The Kier molecular flexibility index (Phi) is 3.87. The molecule has 0 aliphatic heterocycles. The minimum absolute atomic E-state index is 0.251.